The molecule has 15 heavy (non-hydrogen) atoms. The topological polar surface area (TPSA) is 70.1 Å². The monoisotopic (exact) mass is 229 g/mol. The molecule has 1 aromatic rings. The zero-order valence-corrected chi connectivity index (χ0v) is 8.91. The van der Waals surface area contributed by atoms with E-state index in [1.54, 1.807) is 0 Å². The molecule has 1 fully saturated rings. The van der Waals surface area contributed by atoms with E-state index < -0.39 is 0 Å². The lowest BCUT2D eigenvalue weighted by Gasteiger charge is -2.07. The molecular weight excluding hydrogens is 218 g/mol. The van der Waals surface area contributed by atoms with Crippen molar-refractivity contribution in [2.24, 2.45) is 5.92 Å². The summed E-state index contributed by atoms with van der Waals surface area (Å²) < 4.78 is 6.65. The number of hydrogen-bond acceptors (Lipinski definition) is 4. The number of halogens is 1. The van der Waals surface area contributed by atoms with Gasteiger partial charge in [0.1, 0.15) is 18.7 Å². The fraction of sp³-hybridized carbons (Fsp3) is 0.556. The lowest BCUT2D eigenvalue weighted by Crippen LogP contribution is -2.25. The molecule has 0 aromatic carbocycles. The Bertz CT molecular complexity index is 414. The minimum atomic E-state index is -0.356. The van der Waals surface area contributed by atoms with Crippen LogP contribution in [0.2, 0.25) is 5.15 Å². The van der Waals surface area contributed by atoms with Gasteiger partial charge in [-0.25, -0.2) is 4.98 Å². The molecule has 1 aliphatic rings. The first-order chi connectivity index (χ1) is 7.18. The summed E-state index contributed by atoms with van der Waals surface area (Å²) in [5, 5.41) is 0.0402. The summed E-state index contributed by atoms with van der Waals surface area (Å²) in [7, 11) is 0. The summed E-state index contributed by atoms with van der Waals surface area (Å²) in [6.45, 7) is 0.874. The standard InChI is InChI=1S/C9H12ClN3O2/c10-8-7(11)9(14)13(4-12-8)5-15-3-6-1-2-6/h4,6H,1-3,5,11H2. The first-order valence-electron chi connectivity index (χ1n) is 4.76. The van der Waals surface area contributed by atoms with Crippen molar-refractivity contribution in [1.29, 1.82) is 0 Å². The number of anilines is 1. The molecule has 0 aliphatic heterocycles. The van der Waals surface area contributed by atoms with Crippen LogP contribution in [-0.4, -0.2) is 16.2 Å². The molecule has 0 spiro atoms. The predicted octanol–water partition coefficient (Wildman–Crippen LogP) is 0.863. The molecule has 0 unspecified atom stereocenters. The second kappa shape index (κ2) is 4.20. The maximum Gasteiger partial charge on any atom is 0.279 e. The molecule has 0 radical (unpaired) electrons. The van der Waals surface area contributed by atoms with E-state index in [9.17, 15) is 4.79 Å². The first kappa shape index (κ1) is 10.4. The van der Waals surface area contributed by atoms with Gasteiger partial charge in [-0.2, -0.15) is 0 Å². The van der Waals surface area contributed by atoms with E-state index in [4.69, 9.17) is 22.1 Å². The van der Waals surface area contributed by atoms with Crippen molar-refractivity contribution in [2.45, 2.75) is 19.6 Å². The summed E-state index contributed by atoms with van der Waals surface area (Å²) in [6, 6.07) is 0. The minimum Gasteiger partial charge on any atom is -0.392 e. The number of nitrogen functional groups attached to an aromatic ring is 1. The Morgan fingerprint density at radius 1 is 1.67 bits per heavy atom. The smallest absolute Gasteiger partial charge is 0.279 e. The SMILES string of the molecule is Nc1c(Cl)ncn(COCC2CC2)c1=O. The summed E-state index contributed by atoms with van der Waals surface area (Å²) in [4.78, 5) is 15.3. The molecule has 1 saturated carbocycles. The Labute approximate surface area is 91.8 Å². The van der Waals surface area contributed by atoms with Gasteiger partial charge < -0.3 is 10.5 Å². The van der Waals surface area contributed by atoms with Gasteiger partial charge in [0.25, 0.3) is 5.56 Å². The van der Waals surface area contributed by atoms with Crippen LogP contribution in [0, 0.1) is 5.92 Å². The van der Waals surface area contributed by atoms with Gasteiger partial charge in [0.2, 0.25) is 0 Å². The molecular formula is C9H12ClN3O2. The number of nitrogens with two attached hydrogens (primary N) is 1. The molecule has 0 saturated heterocycles. The third-order valence-corrected chi connectivity index (χ3v) is 2.61. The van der Waals surface area contributed by atoms with E-state index in [1.807, 2.05) is 0 Å². The van der Waals surface area contributed by atoms with Crippen molar-refractivity contribution in [1.82, 2.24) is 9.55 Å². The van der Waals surface area contributed by atoms with Crippen molar-refractivity contribution in [3.05, 3.63) is 21.8 Å². The Morgan fingerprint density at radius 3 is 3.07 bits per heavy atom. The summed E-state index contributed by atoms with van der Waals surface area (Å²) in [5.41, 5.74) is 5.05. The van der Waals surface area contributed by atoms with Crippen LogP contribution in [0.1, 0.15) is 12.8 Å². The number of aromatic nitrogens is 2. The minimum absolute atomic E-state index is 0.0332. The van der Waals surface area contributed by atoms with Gasteiger partial charge in [-0.1, -0.05) is 11.6 Å². The summed E-state index contributed by atoms with van der Waals surface area (Å²) >= 11 is 5.59. The van der Waals surface area contributed by atoms with Gasteiger partial charge >= 0.3 is 0 Å². The fourth-order valence-corrected chi connectivity index (χ4v) is 1.30. The Balaban J connectivity index is 2.00. The second-order valence-corrected chi connectivity index (χ2v) is 4.03. The van der Waals surface area contributed by atoms with Gasteiger partial charge in [-0.3, -0.25) is 9.36 Å². The highest BCUT2D eigenvalue weighted by molar-refractivity contribution is 6.31. The van der Waals surface area contributed by atoms with E-state index in [1.165, 1.54) is 23.7 Å². The molecule has 0 atom stereocenters. The van der Waals surface area contributed by atoms with Crippen molar-refractivity contribution in [3.8, 4) is 0 Å². The van der Waals surface area contributed by atoms with E-state index in [2.05, 4.69) is 4.98 Å². The Morgan fingerprint density at radius 2 is 2.40 bits per heavy atom. The van der Waals surface area contributed by atoms with Gasteiger partial charge in [0, 0.05) is 0 Å². The predicted molar refractivity (Wildman–Crippen MR) is 56.6 cm³/mol. The first-order valence-corrected chi connectivity index (χ1v) is 5.14. The number of rotatable bonds is 4. The largest absolute Gasteiger partial charge is 0.392 e. The Hall–Kier alpha value is -1.07. The molecule has 1 aromatic heterocycles. The van der Waals surface area contributed by atoms with Gasteiger partial charge in [0.05, 0.1) is 6.61 Å². The number of hydrogen-bond donors (Lipinski definition) is 1. The Kier molecular flexibility index (Phi) is 2.93. The highest BCUT2D eigenvalue weighted by atomic mass is 35.5. The van der Waals surface area contributed by atoms with Crippen LogP contribution in [0.3, 0.4) is 0 Å². The molecule has 5 nitrogen and oxygen atoms in total. The van der Waals surface area contributed by atoms with E-state index in [0.717, 1.165) is 0 Å². The van der Waals surface area contributed by atoms with E-state index in [-0.39, 0.29) is 23.1 Å². The van der Waals surface area contributed by atoms with Gasteiger partial charge in [0.15, 0.2) is 5.15 Å². The van der Waals surface area contributed by atoms with Gasteiger partial charge in [-0.15, -0.1) is 0 Å². The number of ether oxygens (including phenoxy) is 1. The molecule has 1 heterocycles. The molecule has 2 rings (SSSR count). The van der Waals surface area contributed by atoms with Crippen LogP contribution >= 0.6 is 11.6 Å². The fourth-order valence-electron chi connectivity index (χ4n) is 1.18. The van der Waals surface area contributed by atoms with Crippen LogP contribution in [0.4, 0.5) is 5.69 Å². The molecule has 2 N–H and O–H groups in total. The lowest BCUT2D eigenvalue weighted by atomic mass is 10.5. The van der Waals surface area contributed by atoms with Crippen LogP contribution in [0.25, 0.3) is 0 Å². The summed E-state index contributed by atoms with van der Waals surface area (Å²) in [5.74, 6) is 0.665. The lowest BCUT2D eigenvalue weighted by molar-refractivity contribution is 0.0662. The normalized spacial score (nSPS) is 15.5. The van der Waals surface area contributed by atoms with Crippen molar-refractivity contribution >= 4 is 17.3 Å². The van der Waals surface area contributed by atoms with Crippen LogP contribution in [0.15, 0.2) is 11.1 Å². The summed E-state index contributed by atoms with van der Waals surface area (Å²) in [6.07, 6.45) is 3.78. The molecule has 0 bridgehead atoms. The van der Waals surface area contributed by atoms with Crippen LogP contribution < -0.4 is 11.3 Å². The average Bonchev–Trinajstić information content (AvgIpc) is 3.02. The molecule has 0 amide bonds. The van der Waals surface area contributed by atoms with Crippen molar-refractivity contribution in [3.63, 3.8) is 0 Å². The van der Waals surface area contributed by atoms with E-state index in [0.29, 0.717) is 12.5 Å². The van der Waals surface area contributed by atoms with E-state index >= 15 is 0 Å². The molecule has 6 heteroatoms. The third-order valence-electron chi connectivity index (χ3n) is 2.30. The van der Waals surface area contributed by atoms with Crippen LogP contribution in [-0.2, 0) is 11.5 Å². The van der Waals surface area contributed by atoms with Crippen LogP contribution in [0.5, 0.6) is 0 Å². The molecule has 82 valence electrons. The number of nitrogens with zero attached hydrogens (tertiary/aromatic N) is 2. The highest BCUT2D eigenvalue weighted by Gasteiger charge is 2.21. The highest BCUT2D eigenvalue weighted by Crippen LogP contribution is 2.28. The van der Waals surface area contributed by atoms with Gasteiger partial charge in [-0.05, 0) is 18.8 Å². The molecule has 1 aliphatic carbocycles. The maximum atomic E-state index is 11.5. The maximum absolute atomic E-state index is 11.5. The average molecular weight is 230 g/mol. The zero-order valence-electron chi connectivity index (χ0n) is 8.15. The quantitative estimate of drug-likeness (QED) is 0.778. The van der Waals surface area contributed by atoms with Crippen molar-refractivity contribution in [2.75, 3.05) is 12.3 Å². The zero-order chi connectivity index (χ0) is 10.8. The second-order valence-electron chi connectivity index (χ2n) is 3.67. The van der Waals surface area contributed by atoms with Crippen molar-refractivity contribution < 1.29 is 4.74 Å². The third kappa shape index (κ3) is 2.49.